The van der Waals surface area contributed by atoms with E-state index in [1.54, 1.807) is 7.05 Å². The average molecular weight is 366 g/mol. The molecule has 1 N–H and O–H groups in total. The van der Waals surface area contributed by atoms with Crippen LogP contribution in [0.5, 0.6) is 0 Å². The number of tetrazole rings is 1. The third-order valence-corrected chi connectivity index (χ3v) is 5.09. The minimum atomic E-state index is -0.552. The van der Waals surface area contributed by atoms with Gasteiger partial charge in [0, 0.05) is 19.7 Å². The van der Waals surface area contributed by atoms with Gasteiger partial charge in [-0.2, -0.15) is 5.10 Å². The third-order valence-electron chi connectivity index (χ3n) is 4.70. The second kappa shape index (κ2) is 6.91. The molecule has 0 bridgehead atoms. The summed E-state index contributed by atoms with van der Waals surface area (Å²) >= 11 is 6.44. The first-order chi connectivity index (χ1) is 11.9. The van der Waals surface area contributed by atoms with Crippen LogP contribution in [0.15, 0.2) is 4.79 Å². The van der Waals surface area contributed by atoms with Crippen LogP contribution in [0.1, 0.15) is 54.6 Å². The van der Waals surface area contributed by atoms with E-state index in [-0.39, 0.29) is 28.1 Å². The smallest absolute Gasteiger partial charge is 0.280 e. The number of amides is 1. The Kier molecular flexibility index (Phi) is 4.85. The molecule has 2 aromatic rings. The number of hydrogen-bond donors (Lipinski definition) is 1. The first kappa shape index (κ1) is 17.5. The number of nitrogens with one attached hydrogen (secondary N) is 1. The van der Waals surface area contributed by atoms with Gasteiger partial charge in [0.05, 0.1) is 5.02 Å². The Balaban J connectivity index is 1.96. The lowest BCUT2D eigenvalue weighted by Gasteiger charge is -2.27. The number of aryl methyl sites for hydroxylation is 2. The zero-order chi connectivity index (χ0) is 18.1. The van der Waals surface area contributed by atoms with Crippen molar-refractivity contribution in [1.29, 1.82) is 0 Å². The first-order valence-electron chi connectivity index (χ1n) is 8.19. The highest BCUT2D eigenvalue weighted by molar-refractivity contribution is 6.34. The standard InChI is InChI=1S/C15H20ClN7O2/c1-8-4-6-9(7-5-8)10-11(16)12(19-22(2)14(10)25)13(24)17-15-18-20-21-23(15)3/h8-9H,4-7H2,1-3H3,(H,17,18,21,24). The number of anilines is 1. The largest absolute Gasteiger partial charge is 0.288 e. The van der Waals surface area contributed by atoms with Gasteiger partial charge in [-0.1, -0.05) is 36.5 Å². The zero-order valence-electron chi connectivity index (χ0n) is 14.4. The van der Waals surface area contributed by atoms with Crippen molar-refractivity contribution in [1.82, 2.24) is 30.0 Å². The topological polar surface area (TPSA) is 108 Å². The molecule has 0 unspecified atom stereocenters. The van der Waals surface area contributed by atoms with E-state index >= 15 is 0 Å². The van der Waals surface area contributed by atoms with Crippen LogP contribution in [-0.2, 0) is 14.1 Å². The summed E-state index contributed by atoms with van der Waals surface area (Å²) in [5, 5.41) is 17.5. The molecule has 2 heterocycles. The number of carbonyl (C=O) groups excluding carboxylic acids is 1. The van der Waals surface area contributed by atoms with E-state index < -0.39 is 5.91 Å². The molecule has 0 radical (unpaired) electrons. The van der Waals surface area contributed by atoms with Crippen LogP contribution in [0.3, 0.4) is 0 Å². The van der Waals surface area contributed by atoms with Gasteiger partial charge in [0.1, 0.15) is 0 Å². The maximum absolute atomic E-state index is 12.6. The Labute approximate surface area is 149 Å². The van der Waals surface area contributed by atoms with E-state index in [9.17, 15) is 9.59 Å². The van der Waals surface area contributed by atoms with E-state index in [1.807, 2.05) is 0 Å². The van der Waals surface area contributed by atoms with E-state index in [4.69, 9.17) is 11.6 Å². The predicted molar refractivity (Wildman–Crippen MR) is 91.6 cm³/mol. The number of aromatic nitrogens is 6. The molecule has 2 aromatic heterocycles. The molecule has 25 heavy (non-hydrogen) atoms. The van der Waals surface area contributed by atoms with Crippen molar-refractivity contribution in [3.05, 3.63) is 26.6 Å². The molecule has 0 aromatic carbocycles. The minimum Gasteiger partial charge on any atom is -0.288 e. The lowest BCUT2D eigenvalue weighted by Crippen LogP contribution is -2.31. The molecule has 0 saturated heterocycles. The van der Waals surface area contributed by atoms with Gasteiger partial charge in [0.2, 0.25) is 5.95 Å². The summed E-state index contributed by atoms with van der Waals surface area (Å²) in [4.78, 5) is 25.1. The summed E-state index contributed by atoms with van der Waals surface area (Å²) in [6.07, 6.45) is 3.85. The maximum Gasteiger partial charge on any atom is 0.280 e. The van der Waals surface area contributed by atoms with Crippen molar-refractivity contribution >= 4 is 23.5 Å². The summed E-state index contributed by atoms with van der Waals surface area (Å²) in [6.45, 7) is 2.20. The molecule has 1 amide bonds. The Morgan fingerprint density at radius 1 is 1.20 bits per heavy atom. The number of rotatable bonds is 3. The Morgan fingerprint density at radius 2 is 1.88 bits per heavy atom. The van der Waals surface area contributed by atoms with E-state index in [1.165, 1.54) is 16.4 Å². The average Bonchev–Trinajstić information content (AvgIpc) is 2.97. The molecular weight excluding hydrogens is 346 g/mol. The molecule has 0 aliphatic heterocycles. The fraction of sp³-hybridized carbons (Fsp3) is 0.600. The third kappa shape index (κ3) is 3.41. The molecule has 1 fully saturated rings. The second-order valence-electron chi connectivity index (χ2n) is 6.54. The highest BCUT2D eigenvalue weighted by Crippen LogP contribution is 2.37. The minimum absolute atomic E-state index is 0.000360. The van der Waals surface area contributed by atoms with Gasteiger partial charge < -0.3 is 0 Å². The van der Waals surface area contributed by atoms with Gasteiger partial charge in [0.25, 0.3) is 11.5 Å². The molecule has 0 atom stereocenters. The van der Waals surface area contributed by atoms with Gasteiger partial charge in [-0.05, 0) is 35.1 Å². The highest BCUT2D eigenvalue weighted by Gasteiger charge is 2.29. The molecular formula is C15H20ClN7O2. The van der Waals surface area contributed by atoms with Crippen molar-refractivity contribution in [3.8, 4) is 0 Å². The summed E-state index contributed by atoms with van der Waals surface area (Å²) in [5.41, 5.74) is 0.231. The Hall–Kier alpha value is -2.29. The Bertz CT molecular complexity index is 852. The fourth-order valence-corrected chi connectivity index (χ4v) is 3.54. The van der Waals surface area contributed by atoms with Crippen molar-refractivity contribution < 1.29 is 4.79 Å². The van der Waals surface area contributed by atoms with Crippen LogP contribution in [0.25, 0.3) is 0 Å². The van der Waals surface area contributed by atoms with Gasteiger partial charge in [-0.15, -0.1) is 0 Å². The van der Waals surface area contributed by atoms with E-state index in [0.717, 1.165) is 25.7 Å². The van der Waals surface area contributed by atoms with Crippen molar-refractivity contribution in [2.24, 2.45) is 20.0 Å². The summed E-state index contributed by atoms with van der Waals surface area (Å²) < 4.78 is 2.49. The monoisotopic (exact) mass is 365 g/mol. The van der Waals surface area contributed by atoms with Crippen LogP contribution in [0.4, 0.5) is 5.95 Å². The van der Waals surface area contributed by atoms with Crippen LogP contribution in [-0.4, -0.2) is 35.9 Å². The summed E-state index contributed by atoms with van der Waals surface area (Å²) in [7, 11) is 3.12. The molecule has 1 saturated carbocycles. The quantitative estimate of drug-likeness (QED) is 0.883. The highest BCUT2D eigenvalue weighted by atomic mass is 35.5. The lowest BCUT2D eigenvalue weighted by molar-refractivity contribution is 0.101. The fourth-order valence-electron chi connectivity index (χ4n) is 3.18. The second-order valence-corrected chi connectivity index (χ2v) is 6.92. The lowest BCUT2D eigenvalue weighted by atomic mass is 9.79. The number of carbonyl (C=O) groups is 1. The molecule has 3 rings (SSSR count). The first-order valence-corrected chi connectivity index (χ1v) is 8.56. The van der Waals surface area contributed by atoms with Crippen molar-refractivity contribution in [2.75, 3.05) is 5.32 Å². The van der Waals surface area contributed by atoms with Crippen LogP contribution >= 0.6 is 11.6 Å². The summed E-state index contributed by atoms with van der Waals surface area (Å²) in [6, 6.07) is 0. The normalized spacial score (nSPS) is 20.5. The predicted octanol–water partition coefficient (Wildman–Crippen LogP) is 1.50. The van der Waals surface area contributed by atoms with Gasteiger partial charge in [0.15, 0.2) is 5.69 Å². The number of hydrogen-bond acceptors (Lipinski definition) is 6. The summed E-state index contributed by atoms with van der Waals surface area (Å²) in [5.74, 6) is 0.314. The van der Waals surface area contributed by atoms with Gasteiger partial charge >= 0.3 is 0 Å². The zero-order valence-corrected chi connectivity index (χ0v) is 15.1. The van der Waals surface area contributed by atoms with Crippen LogP contribution in [0, 0.1) is 5.92 Å². The van der Waals surface area contributed by atoms with Crippen LogP contribution in [0.2, 0.25) is 5.02 Å². The molecule has 134 valence electrons. The van der Waals surface area contributed by atoms with Gasteiger partial charge in [-0.25, -0.2) is 9.36 Å². The Morgan fingerprint density at radius 3 is 2.48 bits per heavy atom. The van der Waals surface area contributed by atoms with E-state index in [0.29, 0.717) is 11.5 Å². The van der Waals surface area contributed by atoms with Crippen LogP contribution < -0.4 is 10.9 Å². The van der Waals surface area contributed by atoms with Crippen molar-refractivity contribution in [3.63, 3.8) is 0 Å². The number of halogens is 1. The van der Waals surface area contributed by atoms with E-state index in [2.05, 4.69) is 32.9 Å². The van der Waals surface area contributed by atoms with Gasteiger partial charge in [-0.3, -0.25) is 14.9 Å². The molecule has 1 aliphatic carbocycles. The maximum atomic E-state index is 12.6. The SMILES string of the molecule is CC1CCC(c2c(Cl)c(C(=O)Nc3nnnn3C)nn(C)c2=O)CC1. The molecule has 1 aliphatic rings. The molecule has 0 spiro atoms. The van der Waals surface area contributed by atoms with Crippen molar-refractivity contribution in [2.45, 2.75) is 38.5 Å². The number of nitrogens with zero attached hydrogens (tertiary/aromatic N) is 6. The molecule has 10 heteroatoms. The molecule has 9 nitrogen and oxygen atoms in total.